The number of hydrogen-bond acceptors (Lipinski definition) is 3. The molecule has 0 saturated heterocycles. The van der Waals surface area contributed by atoms with Gasteiger partial charge in [0.1, 0.15) is 6.10 Å². The first kappa shape index (κ1) is 10.4. The molecule has 1 heterocycles. The first-order valence-electron chi connectivity index (χ1n) is 5.60. The maximum atomic E-state index is 9.62. The molecule has 0 unspecified atom stereocenters. The number of hydrogen-bond donors (Lipinski definition) is 1. The molecule has 1 aliphatic rings. The van der Waals surface area contributed by atoms with Gasteiger partial charge in [-0.25, -0.2) is 4.98 Å². The molecule has 2 rings (SSSR count). The van der Waals surface area contributed by atoms with Crippen molar-refractivity contribution in [2.45, 2.75) is 44.8 Å². The third kappa shape index (κ3) is 2.48. The summed E-state index contributed by atoms with van der Waals surface area (Å²) in [6, 6.07) is 5.78. The van der Waals surface area contributed by atoms with Crippen LogP contribution in [-0.2, 0) is 6.42 Å². The number of pyridine rings is 1. The molecule has 2 atom stereocenters. The van der Waals surface area contributed by atoms with E-state index in [2.05, 4.69) is 11.9 Å². The predicted molar refractivity (Wildman–Crippen MR) is 57.9 cm³/mol. The number of aliphatic hydroxyl groups excluding tert-OH is 1. The lowest BCUT2D eigenvalue weighted by atomic mass is 10.2. The Morgan fingerprint density at radius 2 is 2.33 bits per heavy atom. The van der Waals surface area contributed by atoms with Crippen molar-refractivity contribution < 1.29 is 9.84 Å². The summed E-state index contributed by atoms with van der Waals surface area (Å²) >= 11 is 0. The van der Waals surface area contributed by atoms with Gasteiger partial charge in [0.15, 0.2) is 0 Å². The number of nitrogens with zero attached hydrogens (tertiary/aromatic N) is 1. The lowest BCUT2D eigenvalue weighted by molar-refractivity contribution is 0.0573. The van der Waals surface area contributed by atoms with E-state index in [9.17, 15) is 5.11 Å². The van der Waals surface area contributed by atoms with Crippen LogP contribution in [0.2, 0.25) is 0 Å². The van der Waals surface area contributed by atoms with Gasteiger partial charge in [-0.05, 0) is 31.7 Å². The van der Waals surface area contributed by atoms with Gasteiger partial charge in [0, 0.05) is 11.8 Å². The number of aryl methyl sites for hydroxylation is 1. The fourth-order valence-corrected chi connectivity index (χ4v) is 1.92. The van der Waals surface area contributed by atoms with Crippen LogP contribution in [0.1, 0.15) is 31.9 Å². The molecule has 0 amide bonds. The van der Waals surface area contributed by atoms with E-state index < -0.39 is 0 Å². The largest absolute Gasteiger partial charge is 0.472 e. The standard InChI is InChI=1S/C12H17NO2/c1-2-9-5-3-8-12(13-9)15-11-7-4-6-10(11)14/h3,5,8,10-11,14H,2,4,6-7H2,1H3/t10-,11+/m1/s1. The zero-order valence-corrected chi connectivity index (χ0v) is 9.02. The quantitative estimate of drug-likeness (QED) is 0.823. The van der Waals surface area contributed by atoms with Crippen molar-refractivity contribution >= 4 is 0 Å². The zero-order valence-electron chi connectivity index (χ0n) is 9.02. The van der Waals surface area contributed by atoms with Crippen LogP contribution in [0.4, 0.5) is 0 Å². The van der Waals surface area contributed by atoms with Gasteiger partial charge >= 0.3 is 0 Å². The molecule has 1 aliphatic carbocycles. The summed E-state index contributed by atoms with van der Waals surface area (Å²) in [5.41, 5.74) is 1.03. The summed E-state index contributed by atoms with van der Waals surface area (Å²) in [7, 11) is 0. The molecule has 3 nitrogen and oxygen atoms in total. The molecule has 1 fully saturated rings. The molecule has 0 radical (unpaired) electrons. The summed E-state index contributed by atoms with van der Waals surface area (Å²) in [5, 5.41) is 9.62. The highest BCUT2D eigenvalue weighted by molar-refractivity contribution is 5.16. The molecule has 0 aliphatic heterocycles. The topological polar surface area (TPSA) is 42.4 Å². The SMILES string of the molecule is CCc1cccc(O[C@H]2CCC[C@H]2O)n1. The molecule has 0 aromatic carbocycles. The van der Waals surface area contributed by atoms with E-state index in [1.54, 1.807) is 0 Å². The van der Waals surface area contributed by atoms with Crippen molar-refractivity contribution in [1.29, 1.82) is 0 Å². The number of ether oxygens (including phenoxy) is 1. The third-order valence-corrected chi connectivity index (χ3v) is 2.83. The molecule has 1 aromatic rings. The summed E-state index contributed by atoms with van der Waals surface area (Å²) in [4.78, 5) is 4.36. The lowest BCUT2D eigenvalue weighted by Crippen LogP contribution is -2.26. The Morgan fingerprint density at radius 1 is 1.47 bits per heavy atom. The molecule has 82 valence electrons. The Kier molecular flexibility index (Phi) is 3.21. The number of rotatable bonds is 3. The van der Waals surface area contributed by atoms with Crippen LogP contribution < -0.4 is 4.74 Å². The van der Waals surface area contributed by atoms with Crippen LogP contribution >= 0.6 is 0 Å². The van der Waals surface area contributed by atoms with Gasteiger partial charge in [-0.1, -0.05) is 13.0 Å². The van der Waals surface area contributed by atoms with E-state index in [1.165, 1.54) is 0 Å². The van der Waals surface area contributed by atoms with Gasteiger partial charge in [-0.2, -0.15) is 0 Å². The van der Waals surface area contributed by atoms with Crippen LogP contribution in [0.25, 0.3) is 0 Å². The monoisotopic (exact) mass is 207 g/mol. The van der Waals surface area contributed by atoms with E-state index >= 15 is 0 Å². The van der Waals surface area contributed by atoms with Crippen LogP contribution in [0.15, 0.2) is 18.2 Å². The Balaban J connectivity index is 2.03. The molecule has 1 saturated carbocycles. The summed E-state index contributed by atoms with van der Waals surface area (Å²) < 4.78 is 5.67. The van der Waals surface area contributed by atoms with Crippen molar-refractivity contribution in [2.24, 2.45) is 0 Å². The van der Waals surface area contributed by atoms with Crippen LogP contribution in [0.5, 0.6) is 5.88 Å². The summed E-state index contributed by atoms with van der Waals surface area (Å²) in [5.74, 6) is 0.639. The second kappa shape index (κ2) is 4.62. The van der Waals surface area contributed by atoms with E-state index in [0.29, 0.717) is 5.88 Å². The molecule has 1 N–H and O–H groups in total. The minimum Gasteiger partial charge on any atom is -0.472 e. The normalized spacial score (nSPS) is 25.5. The Morgan fingerprint density at radius 3 is 3.00 bits per heavy atom. The van der Waals surface area contributed by atoms with Crippen molar-refractivity contribution in [1.82, 2.24) is 4.98 Å². The molecule has 3 heteroatoms. The zero-order chi connectivity index (χ0) is 10.7. The molecule has 0 spiro atoms. The van der Waals surface area contributed by atoms with Gasteiger partial charge in [0.2, 0.25) is 5.88 Å². The summed E-state index contributed by atoms with van der Waals surface area (Å²) in [6.07, 6.45) is 3.34. The highest BCUT2D eigenvalue weighted by Gasteiger charge is 2.27. The molecular weight excluding hydrogens is 190 g/mol. The van der Waals surface area contributed by atoms with E-state index in [1.807, 2.05) is 18.2 Å². The average Bonchev–Trinajstić information content (AvgIpc) is 2.65. The number of aliphatic hydroxyl groups is 1. The Hall–Kier alpha value is -1.09. The minimum absolute atomic E-state index is 0.0652. The van der Waals surface area contributed by atoms with E-state index in [-0.39, 0.29) is 12.2 Å². The first-order chi connectivity index (χ1) is 7.29. The first-order valence-corrected chi connectivity index (χ1v) is 5.60. The predicted octanol–water partition coefficient (Wildman–Crippen LogP) is 1.94. The van der Waals surface area contributed by atoms with Gasteiger partial charge < -0.3 is 9.84 Å². The van der Waals surface area contributed by atoms with E-state index in [4.69, 9.17) is 4.74 Å². The van der Waals surface area contributed by atoms with Gasteiger partial charge in [-0.15, -0.1) is 0 Å². The number of aromatic nitrogens is 1. The van der Waals surface area contributed by atoms with Crippen LogP contribution in [0.3, 0.4) is 0 Å². The van der Waals surface area contributed by atoms with Gasteiger partial charge in [-0.3, -0.25) is 0 Å². The third-order valence-electron chi connectivity index (χ3n) is 2.83. The van der Waals surface area contributed by atoms with Crippen molar-refractivity contribution in [3.05, 3.63) is 23.9 Å². The maximum absolute atomic E-state index is 9.62. The molecule has 0 bridgehead atoms. The molecule has 15 heavy (non-hydrogen) atoms. The second-order valence-electron chi connectivity index (χ2n) is 3.98. The highest BCUT2D eigenvalue weighted by Crippen LogP contribution is 2.23. The van der Waals surface area contributed by atoms with E-state index in [0.717, 1.165) is 31.4 Å². The smallest absolute Gasteiger partial charge is 0.213 e. The lowest BCUT2D eigenvalue weighted by Gasteiger charge is -2.16. The molecular formula is C12H17NO2. The van der Waals surface area contributed by atoms with Crippen molar-refractivity contribution in [3.63, 3.8) is 0 Å². The Bertz CT molecular complexity index is 327. The van der Waals surface area contributed by atoms with Crippen molar-refractivity contribution in [3.8, 4) is 5.88 Å². The maximum Gasteiger partial charge on any atom is 0.213 e. The van der Waals surface area contributed by atoms with Crippen LogP contribution in [0, 0.1) is 0 Å². The van der Waals surface area contributed by atoms with Gasteiger partial charge in [0.25, 0.3) is 0 Å². The Labute approximate surface area is 90.1 Å². The fraction of sp³-hybridized carbons (Fsp3) is 0.583. The van der Waals surface area contributed by atoms with Gasteiger partial charge in [0.05, 0.1) is 6.10 Å². The summed E-state index contributed by atoms with van der Waals surface area (Å²) in [6.45, 7) is 2.07. The highest BCUT2D eigenvalue weighted by atomic mass is 16.5. The molecule has 1 aromatic heterocycles. The minimum atomic E-state index is -0.322. The van der Waals surface area contributed by atoms with Crippen molar-refractivity contribution in [2.75, 3.05) is 0 Å². The van der Waals surface area contributed by atoms with Crippen LogP contribution in [-0.4, -0.2) is 22.3 Å². The average molecular weight is 207 g/mol. The fourth-order valence-electron chi connectivity index (χ4n) is 1.92. The second-order valence-corrected chi connectivity index (χ2v) is 3.98.